The molecular weight excluding hydrogens is 536 g/mol. The van der Waals surface area contributed by atoms with Crippen LogP contribution in [-0.2, 0) is 9.53 Å². The number of nitrogens with zero attached hydrogens (tertiary/aromatic N) is 2. The van der Waals surface area contributed by atoms with E-state index in [0.717, 1.165) is 22.4 Å². The molecule has 0 aliphatic carbocycles. The van der Waals surface area contributed by atoms with Gasteiger partial charge in [0.15, 0.2) is 4.80 Å². The number of carbonyl (C=O) groups excluding carboxylic acids is 1. The predicted molar refractivity (Wildman–Crippen MR) is 161 cm³/mol. The van der Waals surface area contributed by atoms with Crippen molar-refractivity contribution in [3.8, 4) is 11.5 Å². The number of aromatic nitrogens is 1. The van der Waals surface area contributed by atoms with Gasteiger partial charge < -0.3 is 14.2 Å². The molecule has 0 radical (unpaired) electrons. The van der Waals surface area contributed by atoms with E-state index in [2.05, 4.69) is 13.8 Å². The summed E-state index contributed by atoms with van der Waals surface area (Å²) in [6.45, 7) is 6.79. The molecule has 0 unspecified atom stereocenters. The number of ether oxygens (including phenoxy) is 3. The van der Waals surface area contributed by atoms with Gasteiger partial charge in [0.2, 0.25) is 0 Å². The van der Waals surface area contributed by atoms with E-state index in [4.69, 9.17) is 19.2 Å². The van der Waals surface area contributed by atoms with Gasteiger partial charge in [0.25, 0.3) is 5.56 Å². The second-order valence-electron chi connectivity index (χ2n) is 9.98. The van der Waals surface area contributed by atoms with Crippen molar-refractivity contribution in [2.45, 2.75) is 26.8 Å². The van der Waals surface area contributed by atoms with Crippen LogP contribution in [0.2, 0.25) is 0 Å². The Labute approximate surface area is 242 Å². The van der Waals surface area contributed by atoms with E-state index in [-0.39, 0.29) is 12.2 Å². The minimum atomic E-state index is -0.736. The lowest BCUT2D eigenvalue weighted by molar-refractivity contribution is -0.138. The fraction of sp³-hybridized carbons (Fsp3) is 0.242. The third kappa shape index (κ3) is 6.02. The standard InChI is InChI=1S/C33H32N2O5S/c1-5-39-32(37)28-29(23-9-7-6-8-10-23)34-33-35(30(28)24-13-17-25(38-4)18-14-24)31(36)27(41-33)19-22-11-15-26(16-12-22)40-20-21(2)3/h6-19,21,30H,5,20H2,1-4H3/b27-19+/t30-/m0/s1. The molecule has 1 aliphatic rings. The molecule has 210 valence electrons. The van der Waals surface area contributed by atoms with Gasteiger partial charge in [0, 0.05) is 5.56 Å². The maximum absolute atomic E-state index is 14.0. The second kappa shape index (κ2) is 12.4. The summed E-state index contributed by atoms with van der Waals surface area (Å²) in [7, 11) is 1.60. The van der Waals surface area contributed by atoms with Gasteiger partial charge in [-0.2, -0.15) is 0 Å². The lowest BCUT2D eigenvalue weighted by atomic mass is 9.93. The SMILES string of the molecule is CCOC(=O)C1=C(c2ccccc2)N=c2s/c(=C/c3ccc(OCC(C)C)cc3)c(=O)n2[C@H]1c1ccc(OC)cc1. The number of hydrogen-bond donors (Lipinski definition) is 0. The van der Waals surface area contributed by atoms with Crippen molar-refractivity contribution >= 4 is 29.1 Å². The lowest BCUT2D eigenvalue weighted by Crippen LogP contribution is -2.40. The summed E-state index contributed by atoms with van der Waals surface area (Å²) in [5, 5.41) is 0. The first kappa shape index (κ1) is 28.1. The highest BCUT2D eigenvalue weighted by molar-refractivity contribution is 7.07. The van der Waals surface area contributed by atoms with Crippen LogP contribution in [0.5, 0.6) is 11.5 Å². The molecule has 0 amide bonds. The maximum Gasteiger partial charge on any atom is 0.338 e. The van der Waals surface area contributed by atoms with Crippen molar-refractivity contribution in [1.29, 1.82) is 0 Å². The Morgan fingerprint density at radius 2 is 1.68 bits per heavy atom. The Bertz CT molecular complexity index is 1730. The van der Waals surface area contributed by atoms with Crippen molar-refractivity contribution in [3.63, 3.8) is 0 Å². The summed E-state index contributed by atoms with van der Waals surface area (Å²) in [5.41, 5.74) is 2.95. The summed E-state index contributed by atoms with van der Waals surface area (Å²) in [6.07, 6.45) is 1.84. The van der Waals surface area contributed by atoms with E-state index < -0.39 is 12.0 Å². The highest BCUT2D eigenvalue weighted by atomic mass is 32.1. The van der Waals surface area contributed by atoms with Crippen molar-refractivity contribution in [1.82, 2.24) is 4.57 Å². The topological polar surface area (TPSA) is 79.1 Å². The van der Waals surface area contributed by atoms with Gasteiger partial charge in [-0.15, -0.1) is 0 Å². The maximum atomic E-state index is 14.0. The fourth-order valence-electron chi connectivity index (χ4n) is 4.62. The molecule has 3 aromatic carbocycles. The van der Waals surface area contributed by atoms with E-state index in [0.29, 0.717) is 38.9 Å². The van der Waals surface area contributed by atoms with Crippen LogP contribution < -0.4 is 24.4 Å². The summed E-state index contributed by atoms with van der Waals surface area (Å²) in [5.74, 6) is 1.37. The van der Waals surface area contributed by atoms with E-state index in [1.165, 1.54) is 11.3 Å². The number of benzene rings is 3. The third-order valence-corrected chi connectivity index (χ3v) is 7.55. The van der Waals surface area contributed by atoms with Crippen LogP contribution in [0, 0.1) is 5.92 Å². The molecule has 2 heterocycles. The van der Waals surface area contributed by atoms with Gasteiger partial charge in [-0.3, -0.25) is 9.36 Å². The number of carbonyl (C=O) groups is 1. The van der Waals surface area contributed by atoms with Gasteiger partial charge in [0.05, 0.1) is 42.2 Å². The zero-order valence-corrected chi connectivity index (χ0v) is 24.3. The molecule has 41 heavy (non-hydrogen) atoms. The van der Waals surface area contributed by atoms with E-state index in [9.17, 15) is 9.59 Å². The quantitative estimate of drug-likeness (QED) is 0.266. The third-order valence-electron chi connectivity index (χ3n) is 6.57. The fourth-order valence-corrected chi connectivity index (χ4v) is 5.62. The molecule has 0 saturated carbocycles. The van der Waals surface area contributed by atoms with E-state index >= 15 is 0 Å². The number of hydrogen-bond acceptors (Lipinski definition) is 7. The van der Waals surface area contributed by atoms with Crippen LogP contribution in [0.15, 0.2) is 94.2 Å². The number of rotatable bonds is 9. The summed E-state index contributed by atoms with van der Waals surface area (Å²) >= 11 is 1.29. The van der Waals surface area contributed by atoms with E-state index in [1.807, 2.05) is 84.9 Å². The normalized spacial score (nSPS) is 15.0. The van der Waals surface area contributed by atoms with Crippen LogP contribution in [0.3, 0.4) is 0 Å². The van der Waals surface area contributed by atoms with Crippen molar-refractivity contribution in [3.05, 3.63) is 121 Å². The van der Waals surface area contributed by atoms with Gasteiger partial charge in [0.1, 0.15) is 11.5 Å². The number of thiazole rings is 1. The largest absolute Gasteiger partial charge is 0.497 e. The minimum Gasteiger partial charge on any atom is -0.497 e. The van der Waals surface area contributed by atoms with Crippen LogP contribution in [0.25, 0.3) is 11.8 Å². The average molecular weight is 569 g/mol. The summed E-state index contributed by atoms with van der Waals surface area (Å²) in [4.78, 5) is 32.9. The molecule has 1 aromatic heterocycles. The molecule has 0 spiro atoms. The molecule has 0 bridgehead atoms. The highest BCUT2D eigenvalue weighted by Crippen LogP contribution is 2.35. The average Bonchev–Trinajstić information content (AvgIpc) is 3.30. The van der Waals surface area contributed by atoms with Crippen LogP contribution >= 0.6 is 11.3 Å². The Morgan fingerprint density at radius 3 is 2.32 bits per heavy atom. The molecule has 0 fully saturated rings. The molecule has 5 rings (SSSR count). The molecule has 1 aliphatic heterocycles. The molecule has 4 aromatic rings. The molecule has 7 nitrogen and oxygen atoms in total. The van der Waals surface area contributed by atoms with Crippen molar-refractivity contribution in [2.24, 2.45) is 10.9 Å². The minimum absolute atomic E-state index is 0.195. The molecule has 0 saturated heterocycles. The molecular formula is C33H32N2O5S. The Morgan fingerprint density at radius 1 is 1.00 bits per heavy atom. The van der Waals surface area contributed by atoms with Crippen LogP contribution in [-0.4, -0.2) is 30.9 Å². The van der Waals surface area contributed by atoms with Crippen LogP contribution in [0.4, 0.5) is 0 Å². The first-order chi connectivity index (χ1) is 19.9. The monoisotopic (exact) mass is 568 g/mol. The molecule has 0 N–H and O–H groups in total. The zero-order chi connectivity index (χ0) is 28.9. The summed E-state index contributed by atoms with van der Waals surface area (Å²) in [6, 6.07) is 23.8. The lowest BCUT2D eigenvalue weighted by Gasteiger charge is -2.26. The predicted octanol–water partition coefficient (Wildman–Crippen LogP) is 4.98. The van der Waals surface area contributed by atoms with Gasteiger partial charge in [-0.25, -0.2) is 9.79 Å². The second-order valence-corrected chi connectivity index (χ2v) is 11.0. The Balaban J connectivity index is 1.70. The first-order valence-electron chi connectivity index (χ1n) is 13.5. The van der Waals surface area contributed by atoms with Gasteiger partial charge in [-0.1, -0.05) is 79.8 Å². The van der Waals surface area contributed by atoms with Crippen LogP contribution in [0.1, 0.15) is 43.5 Å². The van der Waals surface area contributed by atoms with Crippen molar-refractivity contribution < 1.29 is 19.0 Å². The smallest absolute Gasteiger partial charge is 0.338 e. The number of esters is 1. The Hall–Kier alpha value is -4.43. The molecule has 1 atom stereocenters. The summed E-state index contributed by atoms with van der Waals surface area (Å²) < 4.78 is 18.8. The van der Waals surface area contributed by atoms with Crippen molar-refractivity contribution in [2.75, 3.05) is 20.3 Å². The highest BCUT2D eigenvalue weighted by Gasteiger charge is 2.35. The molecule has 8 heteroatoms. The Kier molecular flexibility index (Phi) is 8.50. The van der Waals surface area contributed by atoms with E-state index in [1.54, 1.807) is 18.6 Å². The number of fused-ring (bicyclic) bond motifs is 1. The zero-order valence-electron chi connectivity index (χ0n) is 23.5. The van der Waals surface area contributed by atoms with Gasteiger partial charge >= 0.3 is 5.97 Å². The van der Waals surface area contributed by atoms with Gasteiger partial charge in [-0.05, 0) is 54.3 Å². The number of methoxy groups -OCH3 is 1. The first-order valence-corrected chi connectivity index (χ1v) is 14.4.